The fraction of sp³-hybridized carbons (Fsp3) is 0.278. The van der Waals surface area contributed by atoms with Crippen LogP contribution in [0.4, 0.5) is 0 Å². The topological polar surface area (TPSA) is 29.1 Å². The van der Waals surface area contributed by atoms with Gasteiger partial charge in [-0.2, -0.15) is 0 Å². The van der Waals surface area contributed by atoms with Gasteiger partial charge in [-0.1, -0.05) is 60.2 Å². The lowest BCUT2D eigenvalue weighted by Crippen LogP contribution is -2.41. The van der Waals surface area contributed by atoms with Gasteiger partial charge in [-0.25, -0.2) is 0 Å². The van der Waals surface area contributed by atoms with Crippen LogP contribution < -0.4 is 5.32 Å². The Morgan fingerprint density at radius 2 is 1.75 bits per heavy atom. The molecule has 0 aromatic heterocycles. The van der Waals surface area contributed by atoms with Crippen LogP contribution in [0.5, 0.6) is 0 Å². The number of carbonyl (C=O) groups excluding carboxylic acids is 1. The van der Waals surface area contributed by atoms with E-state index in [4.69, 9.17) is 0 Å². The molecule has 20 heavy (non-hydrogen) atoms. The summed E-state index contributed by atoms with van der Waals surface area (Å²) in [6, 6.07) is 18.1. The van der Waals surface area contributed by atoms with Crippen molar-refractivity contribution < 1.29 is 4.79 Å². The van der Waals surface area contributed by atoms with Crippen LogP contribution in [0.15, 0.2) is 54.6 Å². The maximum atomic E-state index is 12.2. The maximum absolute atomic E-state index is 12.2. The van der Waals surface area contributed by atoms with Gasteiger partial charge in [-0.05, 0) is 31.9 Å². The highest BCUT2D eigenvalue weighted by atomic mass is 16.1. The minimum absolute atomic E-state index is 0.0458. The monoisotopic (exact) mass is 267 g/mol. The fourth-order valence-corrected chi connectivity index (χ4v) is 2.33. The predicted molar refractivity (Wildman–Crippen MR) is 82.5 cm³/mol. The van der Waals surface area contributed by atoms with Gasteiger partial charge in [0.05, 0.1) is 12.0 Å². The molecule has 1 amide bonds. The Labute approximate surface area is 120 Å². The van der Waals surface area contributed by atoms with Crippen LogP contribution in [0.25, 0.3) is 0 Å². The van der Waals surface area contributed by atoms with Crippen LogP contribution in [0.1, 0.15) is 30.5 Å². The maximum Gasteiger partial charge on any atom is 0.225 e. The summed E-state index contributed by atoms with van der Waals surface area (Å²) in [6.07, 6.45) is 0.415. The molecule has 0 bridgehead atoms. The van der Waals surface area contributed by atoms with Crippen LogP contribution >= 0.6 is 0 Å². The van der Waals surface area contributed by atoms with Crippen molar-refractivity contribution in [2.75, 3.05) is 0 Å². The third kappa shape index (κ3) is 3.70. The molecule has 0 saturated heterocycles. The molecule has 0 unspecified atom stereocenters. The van der Waals surface area contributed by atoms with Crippen LogP contribution in [0.2, 0.25) is 0 Å². The van der Waals surface area contributed by atoms with Crippen molar-refractivity contribution in [2.45, 2.75) is 32.7 Å². The van der Waals surface area contributed by atoms with Crippen LogP contribution in [-0.2, 0) is 16.8 Å². The molecule has 2 aromatic carbocycles. The molecule has 104 valence electrons. The quantitative estimate of drug-likeness (QED) is 0.901. The van der Waals surface area contributed by atoms with Crippen molar-refractivity contribution in [1.82, 2.24) is 5.32 Å². The average molecular weight is 267 g/mol. The SMILES string of the molecule is Cc1cccc(CC(=O)NC(C)(C)c2ccccc2)c1. The molecule has 0 saturated carbocycles. The smallest absolute Gasteiger partial charge is 0.225 e. The Balaban J connectivity index is 2.04. The minimum Gasteiger partial charge on any atom is -0.347 e. The molecule has 2 heteroatoms. The summed E-state index contributed by atoms with van der Waals surface area (Å²) >= 11 is 0. The van der Waals surface area contributed by atoms with Crippen molar-refractivity contribution in [1.29, 1.82) is 0 Å². The lowest BCUT2D eigenvalue weighted by molar-refractivity contribution is -0.122. The normalized spacial score (nSPS) is 11.2. The number of carbonyl (C=O) groups is 1. The third-order valence-corrected chi connectivity index (χ3v) is 3.39. The average Bonchev–Trinajstić information content (AvgIpc) is 2.39. The van der Waals surface area contributed by atoms with Gasteiger partial charge >= 0.3 is 0 Å². The van der Waals surface area contributed by atoms with Gasteiger partial charge in [-0.15, -0.1) is 0 Å². The first-order valence-corrected chi connectivity index (χ1v) is 6.89. The van der Waals surface area contributed by atoms with E-state index in [1.54, 1.807) is 0 Å². The van der Waals surface area contributed by atoms with Gasteiger partial charge < -0.3 is 5.32 Å². The zero-order valence-corrected chi connectivity index (χ0v) is 12.3. The van der Waals surface area contributed by atoms with Gasteiger partial charge in [-0.3, -0.25) is 4.79 Å². The zero-order chi connectivity index (χ0) is 14.6. The van der Waals surface area contributed by atoms with E-state index in [1.165, 1.54) is 5.56 Å². The minimum atomic E-state index is -0.359. The number of amides is 1. The first-order chi connectivity index (χ1) is 9.47. The van der Waals surface area contributed by atoms with E-state index in [0.29, 0.717) is 6.42 Å². The molecule has 1 N–H and O–H groups in total. The lowest BCUT2D eigenvalue weighted by Gasteiger charge is -2.27. The molecule has 2 rings (SSSR count). The molecular weight excluding hydrogens is 246 g/mol. The van der Waals surface area contributed by atoms with Gasteiger partial charge in [0.1, 0.15) is 0 Å². The molecule has 0 aliphatic rings. The summed E-state index contributed by atoms with van der Waals surface area (Å²) in [5.74, 6) is 0.0458. The van der Waals surface area contributed by atoms with E-state index in [1.807, 2.05) is 69.3 Å². The number of hydrogen-bond donors (Lipinski definition) is 1. The van der Waals surface area contributed by atoms with Crippen molar-refractivity contribution in [3.8, 4) is 0 Å². The molecule has 2 nitrogen and oxygen atoms in total. The standard InChI is InChI=1S/C18H21NO/c1-14-8-7-9-15(12-14)13-17(20)19-18(2,3)16-10-5-4-6-11-16/h4-12H,13H2,1-3H3,(H,19,20). The van der Waals surface area contributed by atoms with Crippen LogP contribution in [-0.4, -0.2) is 5.91 Å². The number of rotatable bonds is 4. The molecule has 0 aliphatic carbocycles. The molecule has 2 aromatic rings. The van der Waals surface area contributed by atoms with Crippen LogP contribution in [0.3, 0.4) is 0 Å². The van der Waals surface area contributed by atoms with Crippen molar-refractivity contribution >= 4 is 5.91 Å². The second-order valence-electron chi connectivity index (χ2n) is 5.71. The lowest BCUT2D eigenvalue weighted by atomic mass is 9.94. The molecule has 0 atom stereocenters. The third-order valence-electron chi connectivity index (χ3n) is 3.39. The van der Waals surface area contributed by atoms with Gasteiger partial charge in [0.2, 0.25) is 5.91 Å². The highest BCUT2D eigenvalue weighted by Crippen LogP contribution is 2.19. The highest BCUT2D eigenvalue weighted by molar-refractivity contribution is 5.79. The summed E-state index contributed by atoms with van der Waals surface area (Å²) in [4.78, 5) is 12.2. The molecule has 0 radical (unpaired) electrons. The molecule has 0 spiro atoms. The van der Waals surface area contributed by atoms with Crippen molar-refractivity contribution in [2.24, 2.45) is 0 Å². The number of benzene rings is 2. The van der Waals surface area contributed by atoms with Gasteiger partial charge in [0, 0.05) is 0 Å². The summed E-state index contributed by atoms with van der Waals surface area (Å²) in [7, 11) is 0. The van der Waals surface area contributed by atoms with E-state index in [0.717, 1.165) is 11.1 Å². The predicted octanol–water partition coefficient (Wildman–Crippen LogP) is 3.59. The van der Waals surface area contributed by atoms with Crippen molar-refractivity contribution in [3.05, 3.63) is 71.3 Å². The summed E-state index contributed by atoms with van der Waals surface area (Å²) < 4.78 is 0. The second kappa shape index (κ2) is 5.91. The highest BCUT2D eigenvalue weighted by Gasteiger charge is 2.22. The number of hydrogen-bond acceptors (Lipinski definition) is 1. The van der Waals surface area contributed by atoms with Gasteiger partial charge in [0.15, 0.2) is 0 Å². The first kappa shape index (κ1) is 14.3. The Hall–Kier alpha value is -2.09. The van der Waals surface area contributed by atoms with Crippen LogP contribution in [0, 0.1) is 6.92 Å². The summed E-state index contributed by atoms with van der Waals surface area (Å²) in [5.41, 5.74) is 2.98. The zero-order valence-electron chi connectivity index (χ0n) is 12.3. The Morgan fingerprint density at radius 1 is 1.05 bits per heavy atom. The summed E-state index contributed by atoms with van der Waals surface area (Å²) in [5, 5.41) is 3.10. The van der Waals surface area contributed by atoms with E-state index >= 15 is 0 Å². The molecule has 0 heterocycles. The molecule has 0 aliphatic heterocycles. The van der Waals surface area contributed by atoms with E-state index in [-0.39, 0.29) is 11.4 Å². The van der Waals surface area contributed by atoms with Crippen molar-refractivity contribution in [3.63, 3.8) is 0 Å². The van der Waals surface area contributed by atoms with Gasteiger partial charge in [0.25, 0.3) is 0 Å². The largest absolute Gasteiger partial charge is 0.347 e. The Morgan fingerprint density at radius 3 is 2.40 bits per heavy atom. The molecule has 0 fully saturated rings. The van der Waals surface area contributed by atoms with E-state index in [9.17, 15) is 4.79 Å². The van der Waals surface area contributed by atoms with E-state index in [2.05, 4.69) is 11.4 Å². The summed E-state index contributed by atoms with van der Waals surface area (Å²) in [6.45, 7) is 6.09. The number of nitrogens with one attached hydrogen (secondary N) is 1. The first-order valence-electron chi connectivity index (χ1n) is 6.89. The van der Waals surface area contributed by atoms with E-state index < -0.39 is 0 Å². The molecular formula is C18H21NO. The Bertz CT molecular complexity index is 587. The Kier molecular flexibility index (Phi) is 4.23. The second-order valence-corrected chi connectivity index (χ2v) is 5.71. The fourth-order valence-electron chi connectivity index (χ4n) is 2.33. The number of aryl methyl sites for hydroxylation is 1.